The lowest BCUT2D eigenvalue weighted by atomic mass is 9.95. The molecule has 1 aromatic heterocycles. The maximum atomic E-state index is 12.4. The van der Waals surface area contributed by atoms with Crippen LogP contribution >= 0.6 is 11.8 Å². The SMILES string of the molecule is CCc1ccc(OCCSc2nc(O)cc(=O)n2C2CCCCC2)cc1. The Balaban J connectivity index is 1.62. The third-order valence-electron chi connectivity index (χ3n) is 4.76. The van der Waals surface area contributed by atoms with Crippen LogP contribution in [0.5, 0.6) is 11.6 Å². The summed E-state index contributed by atoms with van der Waals surface area (Å²) in [7, 11) is 0. The molecule has 0 spiro atoms. The van der Waals surface area contributed by atoms with E-state index in [0.717, 1.165) is 37.9 Å². The maximum absolute atomic E-state index is 12.4. The van der Waals surface area contributed by atoms with E-state index >= 15 is 0 Å². The second kappa shape index (κ2) is 9.12. The molecule has 2 aromatic rings. The Labute approximate surface area is 158 Å². The molecular weight excluding hydrogens is 348 g/mol. The van der Waals surface area contributed by atoms with Gasteiger partial charge >= 0.3 is 0 Å². The lowest BCUT2D eigenvalue weighted by Gasteiger charge is -2.25. The van der Waals surface area contributed by atoms with E-state index in [1.807, 2.05) is 12.1 Å². The van der Waals surface area contributed by atoms with E-state index in [0.29, 0.717) is 17.5 Å². The molecule has 3 rings (SSSR count). The number of benzene rings is 1. The minimum Gasteiger partial charge on any atom is -0.493 e. The molecule has 1 aromatic carbocycles. The maximum Gasteiger partial charge on any atom is 0.258 e. The number of aryl methyl sites for hydroxylation is 1. The summed E-state index contributed by atoms with van der Waals surface area (Å²) >= 11 is 1.46. The Hall–Kier alpha value is -1.95. The molecule has 26 heavy (non-hydrogen) atoms. The Bertz CT molecular complexity index is 768. The van der Waals surface area contributed by atoms with E-state index in [2.05, 4.69) is 24.0 Å². The summed E-state index contributed by atoms with van der Waals surface area (Å²) in [6.07, 6.45) is 6.51. The van der Waals surface area contributed by atoms with Gasteiger partial charge in [-0.3, -0.25) is 9.36 Å². The first-order chi connectivity index (χ1) is 12.7. The van der Waals surface area contributed by atoms with E-state index in [1.54, 1.807) is 4.57 Å². The molecule has 0 radical (unpaired) electrons. The zero-order valence-electron chi connectivity index (χ0n) is 15.2. The van der Waals surface area contributed by atoms with Gasteiger partial charge in [0.2, 0.25) is 5.88 Å². The molecule has 1 fully saturated rings. The molecule has 0 atom stereocenters. The van der Waals surface area contributed by atoms with Crippen LogP contribution in [0.25, 0.3) is 0 Å². The van der Waals surface area contributed by atoms with Crippen LogP contribution in [0.1, 0.15) is 50.6 Å². The fourth-order valence-corrected chi connectivity index (χ4v) is 4.23. The number of hydrogen-bond acceptors (Lipinski definition) is 5. The molecule has 0 saturated heterocycles. The van der Waals surface area contributed by atoms with Crippen LogP contribution in [0, 0.1) is 0 Å². The molecule has 1 aliphatic rings. The number of aromatic hydroxyl groups is 1. The van der Waals surface area contributed by atoms with Crippen molar-refractivity contribution in [1.82, 2.24) is 9.55 Å². The fraction of sp³-hybridized carbons (Fsp3) is 0.500. The van der Waals surface area contributed by atoms with Crippen molar-refractivity contribution in [2.45, 2.75) is 56.6 Å². The van der Waals surface area contributed by atoms with Crippen molar-refractivity contribution in [2.75, 3.05) is 12.4 Å². The molecule has 140 valence electrons. The van der Waals surface area contributed by atoms with Crippen LogP contribution in [0.3, 0.4) is 0 Å². The number of aromatic nitrogens is 2. The van der Waals surface area contributed by atoms with Crippen LogP contribution in [-0.2, 0) is 6.42 Å². The summed E-state index contributed by atoms with van der Waals surface area (Å²) in [5, 5.41) is 10.3. The highest BCUT2D eigenvalue weighted by atomic mass is 32.2. The molecule has 0 bridgehead atoms. The van der Waals surface area contributed by atoms with Crippen LogP contribution in [0.2, 0.25) is 0 Å². The quantitative estimate of drug-likeness (QED) is 0.447. The summed E-state index contributed by atoms with van der Waals surface area (Å²) in [5.41, 5.74) is 1.12. The van der Waals surface area contributed by atoms with Gasteiger partial charge in [0.05, 0.1) is 12.7 Å². The number of ether oxygens (including phenoxy) is 1. The predicted molar refractivity (Wildman–Crippen MR) is 104 cm³/mol. The number of nitrogens with zero attached hydrogens (tertiary/aromatic N) is 2. The van der Waals surface area contributed by atoms with E-state index in [4.69, 9.17) is 4.74 Å². The molecule has 5 nitrogen and oxygen atoms in total. The lowest BCUT2D eigenvalue weighted by molar-refractivity contribution is 0.317. The van der Waals surface area contributed by atoms with Crippen LogP contribution in [-0.4, -0.2) is 27.0 Å². The highest BCUT2D eigenvalue weighted by Crippen LogP contribution is 2.30. The van der Waals surface area contributed by atoms with Crippen molar-refractivity contribution in [3.05, 3.63) is 46.2 Å². The van der Waals surface area contributed by atoms with Crippen molar-refractivity contribution in [3.63, 3.8) is 0 Å². The Kier molecular flexibility index (Phi) is 6.61. The topological polar surface area (TPSA) is 64.3 Å². The highest BCUT2D eigenvalue weighted by Gasteiger charge is 2.20. The summed E-state index contributed by atoms with van der Waals surface area (Å²) < 4.78 is 7.54. The summed E-state index contributed by atoms with van der Waals surface area (Å²) in [5.74, 6) is 1.30. The minimum absolute atomic E-state index is 0.164. The average molecular weight is 375 g/mol. The van der Waals surface area contributed by atoms with Gasteiger partial charge in [-0.1, -0.05) is 50.1 Å². The van der Waals surface area contributed by atoms with Gasteiger partial charge in [0.25, 0.3) is 5.56 Å². The van der Waals surface area contributed by atoms with Gasteiger partial charge in [0, 0.05) is 11.8 Å². The van der Waals surface area contributed by atoms with E-state index < -0.39 is 0 Å². The Morgan fingerprint density at radius 3 is 2.65 bits per heavy atom. The van der Waals surface area contributed by atoms with E-state index in [-0.39, 0.29) is 17.5 Å². The molecule has 0 aliphatic heterocycles. The number of hydrogen-bond donors (Lipinski definition) is 1. The van der Waals surface area contributed by atoms with Gasteiger partial charge in [0.1, 0.15) is 5.75 Å². The van der Waals surface area contributed by atoms with Gasteiger partial charge in [-0.15, -0.1) is 0 Å². The Morgan fingerprint density at radius 2 is 1.96 bits per heavy atom. The summed E-state index contributed by atoms with van der Waals surface area (Å²) in [6, 6.07) is 9.50. The molecule has 1 saturated carbocycles. The van der Waals surface area contributed by atoms with Crippen molar-refractivity contribution < 1.29 is 9.84 Å². The summed E-state index contributed by atoms with van der Waals surface area (Å²) in [6.45, 7) is 2.65. The van der Waals surface area contributed by atoms with Gasteiger partial charge in [0.15, 0.2) is 5.16 Å². The van der Waals surface area contributed by atoms with Gasteiger partial charge < -0.3 is 9.84 Å². The van der Waals surface area contributed by atoms with Crippen molar-refractivity contribution in [3.8, 4) is 11.6 Å². The standard InChI is InChI=1S/C20H26N2O3S/c1-2-15-8-10-17(11-9-15)25-12-13-26-20-21-18(23)14-19(24)22(20)16-6-4-3-5-7-16/h8-11,14,16,23H,2-7,12-13H2,1H3. The average Bonchev–Trinajstić information content (AvgIpc) is 2.66. The monoisotopic (exact) mass is 374 g/mol. The highest BCUT2D eigenvalue weighted by molar-refractivity contribution is 7.99. The smallest absolute Gasteiger partial charge is 0.258 e. The van der Waals surface area contributed by atoms with Crippen molar-refractivity contribution in [2.24, 2.45) is 0 Å². The largest absolute Gasteiger partial charge is 0.493 e. The third kappa shape index (κ3) is 4.81. The predicted octanol–water partition coefficient (Wildman–Crippen LogP) is 4.19. The fourth-order valence-electron chi connectivity index (χ4n) is 3.35. The molecular formula is C20H26N2O3S. The second-order valence-corrected chi connectivity index (χ2v) is 7.65. The van der Waals surface area contributed by atoms with Gasteiger partial charge in [-0.25, -0.2) is 0 Å². The summed E-state index contributed by atoms with van der Waals surface area (Å²) in [4.78, 5) is 16.6. The lowest BCUT2D eigenvalue weighted by Crippen LogP contribution is -2.28. The zero-order valence-corrected chi connectivity index (χ0v) is 16.0. The van der Waals surface area contributed by atoms with Crippen LogP contribution < -0.4 is 10.3 Å². The molecule has 1 heterocycles. The van der Waals surface area contributed by atoms with Crippen molar-refractivity contribution >= 4 is 11.8 Å². The van der Waals surface area contributed by atoms with E-state index in [1.165, 1.54) is 29.8 Å². The van der Waals surface area contributed by atoms with Crippen molar-refractivity contribution in [1.29, 1.82) is 0 Å². The minimum atomic E-state index is -0.208. The first-order valence-corrected chi connectivity index (χ1v) is 10.3. The normalized spacial score (nSPS) is 15.1. The molecule has 0 unspecified atom stereocenters. The number of rotatable bonds is 7. The van der Waals surface area contributed by atoms with Gasteiger partial charge in [-0.05, 0) is 37.0 Å². The zero-order chi connectivity index (χ0) is 18.4. The van der Waals surface area contributed by atoms with Crippen LogP contribution in [0.15, 0.2) is 40.3 Å². The Morgan fingerprint density at radius 1 is 1.23 bits per heavy atom. The first kappa shape index (κ1) is 18.8. The molecule has 1 aliphatic carbocycles. The van der Waals surface area contributed by atoms with Crippen LogP contribution in [0.4, 0.5) is 0 Å². The number of thioether (sulfide) groups is 1. The second-order valence-electron chi connectivity index (χ2n) is 6.59. The molecule has 0 amide bonds. The molecule has 6 heteroatoms. The first-order valence-electron chi connectivity index (χ1n) is 9.34. The van der Waals surface area contributed by atoms with Gasteiger partial charge in [-0.2, -0.15) is 4.98 Å². The third-order valence-corrected chi connectivity index (χ3v) is 5.68. The molecule has 1 N–H and O–H groups in total. The van der Waals surface area contributed by atoms with E-state index in [9.17, 15) is 9.90 Å².